The highest BCUT2D eigenvalue weighted by Gasteiger charge is 2.30. The second kappa shape index (κ2) is 10.5. The van der Waals surface area contributed by atoms with Crippen molar-refractivity contribution in [2.75, 3.05) is 41.8 Å². The Bertz CT molecular complexity index is 1460. The molecule has 3 aromatic carbocycles. The van der Waals surface area contributed by atoms with E-state index in [1.807, 2.05) is 0 Å². The van der Waals surface area contributed by atoms with Crippen molar-refractivity contribution in [1.82, 2.24) is 9.97 Å². The van der Waals surface area contributed by atoms with E-state index in [9.17, 15) is 22.4 Å². The van der Waals surface area contributed by atoms with E-state index in [0.717, 1.165) is 30.3 Å². The summed E-state index contributed by atoms with van der Waals surface area (Å²) in [5, 5.41) is 4.82. The number of nitrogens with one attached hydrogen (secondary N) is 2. The molecule has 4 aromatic rings. The number of benzene rings is 3. The number of carbonyl (C=O) groups excluding carboxylic acids is 1. The number of aromatic nitrogens is 2. The minimum atomic E-state index is -4.48. The van der Waals surface area contributed by atoms with Crippen molar-refractivity contribution >= 4 is 34.3 Å². The van der Waals surface area contributed by atoms with Gasteiger partial charge in [-0.05, 0) is 48.5 Å². The molecule has 2 heterocycles. The molecule has 1 saturated heterocycles. The zero-order chi connectivity index (χ0) is 26.7. The lowest BCUT2D eigenvalue weighted by atomic mass is 10.2. The van der Waals surface area contributed by atoms with Crippen molar-refractivity contribution in [3.05, 3.63) is 78.2 Å². The van der Waals surface area contributed by atoms with Crippen LogP contribution in [0.1, 0.15) is 5.56 Å². The number of alkyl halides is 3. The summed E-state index contributed by atoms with van der Waals surface area (Å²) in [4.78, 5) is 23.3. The third-order valence-corrected chi connectivity index (χ3v) is 5.72. The topological polar surface area (TPSA) is 88.6 Å². The first-order valence-electron chi connectivity index (χ1n) is 11.6. The van der Waals surface area contributed by atoms with Crippen molar-refractivity contribution < 1.29 is 31.8 Å². The van der Waals surface area contributed by atoms with Gasteiger partial charge in [0.15, 0.2) is 11.6 Å². The highest BCUT2D eigenvalue weighted by Crippen LogP contribution is 2.31. The summed E-state index contributed by atoms with van der Waals surface area (Å²) in [6.45, 7) is 2.65. The lowest BCUT2D eigenvalue weighted by molar-refractivity contribution is -0.137. The Kier molecular flexibility index (Phi) is 6.97. The van der Waals surface area contributed by atoms with Gasteiger partial charge in [-0.1, -0.05) is 0 Å². The number of morpholine rings is 1. The molecule has 2 N–H and O–H groups in total. The van der Waals surface area contributed by atoms with Crippen molar-refractivity contribution in [2.24, 2.45) is 0 Å². The normalized spacial score (nSPS) is 13.8. The summed E-state index contributed by atoms with van der Waals surface area (Å²) in [7, 11) is 0. The van der Waals surface area contributed by atoms with Gasteiger partial charge in [0, 0.05) is 36.6 Å². The predicted octanol–water partition coefficient (Wildman–Crippen LogP) is 6.06. The maximum Gasteiger partial charge on any atom is 0.416 e. The average Bonchev–Trinajstić information content (AvgIpc) is 2.90. The highest BCUT2D eigenvalue weighted by atomic mass is 19.4. The van der Waals surface area contributed by atoms with Crippen LogP contribution in [-0.2, 0) is 10.9 Å². The quantitative estimate of drug-likeness (QED) is 0.307. The molecule has 8 nitrogen and oxygen atoms in total. The number of hydrogen-bond acceptors (Lipinski definition) is 6. The van der Waals surface area contributed by atoms with Crippen LogP contribution in [-0.4, -0.2) is 42.3 Å². The zero-order valence-corrected chi connectivity index (χ0v) is 19.8. The molecule has 1 aliphatic rings. The van der Waals surface area contributed by atoms with Gasteiger partial charge in [-0.3, -0.25) is 4.98 Å². The Morgan fingerprint density at radius 3 is 2.34 bits per heavy atom. The van der Waals surface area contributed by atoms with Gasteiger partial charge in [0.25, 0.3) is 0 Å². The van der Waals surface area contributed by atoms with Crippen molar-refractivity contribution in [2.45, 2.75) is 6.18 Å². The van der Waals surface area contributed by atoms with Gasteiger partial charge in [0.1, 0.15) is 11.6 Å². The van der Waals surface area contributed by atoms with E-state index < -0.39 is 23.6 Å². The largest absolute Gasteiger partial charge is 0.454 e. The summed E-state index contributed by atoms with van der Waals surface area (Å²) in [5.74, 6) is 0.264. The molecule has 0 radical (unpaired) electrons. The first kappa shape index (κ1) is 25.2. The van der Waals surface area contributed by atoms with Gasteiger partial charge in [0.2, 0.25) is 0 Å². The monoisotopic (exact) mass is 527 g/mol. The number of anilines is 3. The van der Waals surface area contributed by atoms with Gasteiger partial charge in [-0.25, -0.2) is 14.2 Å². The number of ether oxygens (including phenoxy) is 2. The SMILES string of the molecule is O=C(Nc1ccc(C(F)(F)F)cc1)Nc1ccc(Oc2ccc3ncc(N4CCOCC4)nc3c2)c(F)c1. The third kappa shape index (κ3) is 5.92. The Morgan fingerprint density at radius 2 is 1.63 bits per heavy atom. The van der Waals surface area contributed by atoms with E-state index in [0.29, 0.717) is 48.9 Å². The summed E-state index contributed by atoms with van der Waals surface area (Å²) in [5.41, 5.74) is 0.682. The molecule has 1 fully saturated rings. The molecule has 0 atom stereocenters. The Labute approximate surface area is 214 Å². The third-order valence-electron chi connectivity index (χ3n) is 5.72. The van der Waals surface area contributed by atoms with Crippen LogP contribution in [0.2, 0.25) is 0 Å². The minimum absolute atomic E-state index is 0.0738. The molecule has 5 rings (SSSR count). The van der Waals surface area contributed by atoms with Crippen LogP contribution >= 0.6 is 0 Å². The van der Waals surface area contributed by atoms with Crippen LogP contribution in [0.3, 0.4) is 0 Å². The second-order valence-electron chi connectivity index (χ2n) is 8.38. The standard InChI is InChI=1S/C26H21F4N5O3/c27-20-13-18(33-25(36)32-17-3-1-16(2-4-17)26(28,29)30)5-8-23(20)38-19-6-7-21-22(14-19)34-24(15-31-21)35-9-11-37-12-10-35/h1-8,13-15H,9-12H2,(H2,32,33,36). The fraction of sp³-hybridized carbons (Fsp3) is 0.192. The Morgan fingerprint density at radius 1 is 0.921 bits per heavy atom. The fourth-order valence-electron chi connectivity index (χ4n) is 3.81. The van der Waals surface area contributed by atoms with Crippen LogP contribution < -0.4 is 20.3 Å². The minimum Gasteiger partial charge on any atom is -0.454 e. The van der Waals surface area contributed by atoms with Crippen molar-refractivity contribution in [1.29, 1.82) is 0 Å². The number of amides is 2. The second-order valence-corrected chi connectivity index (χ2v) is 8.38. The van der Waals surface area contributed by atoms with Gasteiger partial charge in [0.05, 0.1) is 36.0 Å². The highest BCUT2D eigenvalue weighted by molar-refractivity contribution is 5.99. The molecule has 1 aliphatic heterocycles. The summed E-state index contributed by atoms with van der Waals surface area (Å²) in [6, 6.07) is 12.1. The smallest absolute Gasteiger partial charge is 0.416 e. The first-order valence-corrected chi connectivity index (χ1v) is 11.6. The van der Waals surface area contributed by atoms with Gasteiger partial charge >= 0.3 is 12.2 Å². The number of fused-ring (bicyclic) bond motifs is 1. The van der Waals surface area contributed by atoms with E-state index in [2.05, 4.69) is 25.5 Å². The van der Waals surface area contributed by atoms with Crippen LogP contribution in [0, 0.1) is 5.82 Å². The number of rotatable bonds is 5. The fourth-order valence-corrected chi connectivity index (χ4v) is 3.81. The number of carbonyl (C=O) groups is 1. The Balaban J connectivity index is 1.24. The Hall–Kier alpha value is -4.45. The van der Waals surface area contributed by atoms with E-state index in [1.165, 1.54) is 12.1 Å². The molecule has 0 bridgehead atoms. The van der Waals surface area contributed by atoms with Gasteiger partial charge in [-0.2, -0.15) is 13.2 Å². The van der Waals surface area contributed by atoms with E-state index in [1.54, 1.807) is 24.4 Å². The molecule has 196 valence electrons. The van der Waals surface area contributed by atoms with Gasteiger partial charge in [-0.15, -0.1) is 0 Å². The molecular weight excluding hydrogens is 506 g/mol. The van der Waals surface area contributed by atoms with Crippen LogP contribution in [0.5, 0.6) is 11.5 Å². The van der Waals surface area contributed by atoms with E-state index >= 15 is 0 Å². The summed E-state index contributed by atoms with van der Waals surface area (Å²) >= 11 is 0. The molecule has 38 heavy (non-hydrogen) atoms. The lowest BCUT2D eigenvalue weighted by Crippen LogP contribution is -2.36. The van der Waals surface area contributed by atoms with Crippen LogP contribution in [0.4, 0.5) is 39.5 Å². The molecular formula is C26H21F4N5O3. The molecule has 0 unspecified atom stereocenters. The first-order chi connectivity index (χ1) is 18.2. The summed E-state index contributed by atoms with van der Waals surface area (Å²) in [6.07, 6.45) is -2.78. The maximum absolute atomic E-state index is 14.7. The van der Waals surface area contributed by atoms with Crippen LogP contribution in [0.15, 0.2) is 66.9 Å². The molecule has 12 heteroatoms. The summed E-state index contributed by atoms with van der Waals surface area (Å²) < 4.78 is 63.8. The van der Waals surface area contributed by atoms with Gasteiger partial charge < -0.3 is 25.0 Å². The van der Waals surface area contributed by atoms with E-state index in [-0.39, 0.29) is 17.1 Å². The molecule has 0 saturated carbocycles. The average molecular weight is 527 g/mol. The number of urea groups is 1. The number of halogens is 4. The zero-order valence-electron chi connectivity index (χ0n) is 19.8. The number of hydrogen-bond donors (Lipinski definition) is 2. The van der Waals surface area contributed by atoms with Crippen molar-refractivity contribution in [3.8, 4) is 11.5 Å². The van der Waals surface area contributed by atoms with Crippen LogP contribution in [0.25, 0.3) is 11.0 Å². The lowest BCUT2D eigenvalue weighted by Gasteiger charge is -2.27. The molecule has 0 spiro atoms. The molecule has 0 aliphatic carbocycles. The van der Waals surface area contributed by atoms with Crippen molar-refractivity contribution in [3.63, 3.8) is 0 Å². The predicted molar refractivity (Wildman–Crippen MR) is 133 cm³/mol. The molecule has 1 aromatic heterocycles. The number of nitrogens with zero attached hydrogens (tertiary/aromatic N) is 3. The van der Waals surface area contributed by atoms with E-state index in [4.69, 9.17) is 9.47 Å². The maximum atomic E-state index is 14.7. The molecule has 2 amide bonds.